The molecule has 1 aliphatic rings. The Labute approximate surface area is 108 Å². The minimum absolute atomic E-state index is 0.367. The lowest BCUT2D eigenvalue weighted by Gasteiger charge is -2.45. The maximum absolute atomic E-state index is 3.76. The van der Waals surface area contributed by atoms with Crippen LogP contribution in [0.4, 0.5) is 0 Å². The van der Waals surface area contributed by atoms with E-state index >= 15 is 0 Å². The van der Waals surface area contributed by atoms with Crippen molar-refractivity contribution in [1.29, 1.82) is 0 Å². The summed E-state index contributed by atoms with van der Waals surface area (Å²) in [4.78, 5) is 2.72. The van der Waals surface area contributed by atoms with Crippen LogP contribution in [0.1, 0.15) is 54.4 Å². The minimum atomic E-state index is 0.367. The molecule has 2 heteroatoms. The molecule has 1 aliphatic heterocycles. The van der Waals surface area contributed by atoms with Gasteiger partial charge in [-0.25, -0.2) is 0 Å². The zero-order valence-corrected chi connectivity index (χ0v) is 12.7. The van der Waals surface area contributed by atoms with E-state index in [-0.39, 0.29) is 0 Å². The molecule has 102 valence electrons. The van der Waals surface area contributed by atoms with E-state index in [1.165, 1.54) is 32.5 Å². The summed E-state index contributed by atoms with van der Waals surface area (Å²) in [6.45, 7) is 17.6. The van der Waals surface area contributed by atoms with E-state index in [4.69, 9.17) is 0 Å². The topological polar surface area (TPSA) is 15.3 Å². The monoisotopic (exact) mass is 240 g/mol. The number of rotatable bonds is 4. The Hall–Kier alpha value is -0.0800. The van der Waals surface area contributed by atoms with Gasteiger partial charge in [-0.2, -0.15) is 0 Å². The molecule has 0 spiro atoms. The molecule has 0 aromatic rings. The molecule has 1 N–H and O–H groups in total. The van der Waals surface area contributed by atoms with Crippen molar-refractivity contribution >= 4 is 0 Å². The highest BCUT2D eigenvalue weighted by molar-refractivity contribution is 4.91. The van der Waals surface area contributed by atoms with Crippen molar-refractivity contribution in [2.24, 2.45) is 11.3 Å². The third kappa shape index (κ3) is 4.59. The van der Waals surface area contributed by atoms with Crippen LogP contribution >= 0.6 is 0 Å². The molecule has 2 atom stereocenters. The third-order valence-corrected chi connectivity index (χ3v) is 3.80. The Balaban J connectivity index is 2.62. The maximum Gasteiger partial charge on any atom is 0.0244 e. The van der Waals surface area contributed by atoms with Gasteiger partial charge in [-0.1, -0.05) is 48.0 Å². The van der Waals surface area contributed by atoms with Gasteiger partial charge in [0.05, 0.1) is 0 Å². The van der Waals surface area contributed by atoms with E-state index in [2.05, 4.69) is 51.8 Å². The smallest absolute Gasteiger partial charge is 0.0244 e. The summed E-state index contributed by atoms with van der Waals surface area (Å²) in [5, 5.41) is 3.76. The Morgan fingerprint density at radius 1 is 1.29 bits per heavy atom. The van der Waals surface area contributed by atoms with Crippen molar-refractivity contribution < 1.29 is 0 Å². The van der Waals surface area contributed by atoms with Crippen LogP contribution in [0.2, 0.25) is 0 Å². The van der Waals surface area contributed by atoms with E-state index < -0.39 is 0 Å². The SMILES string of the molecule is CCCC1CNC(C(C)(C)C)CN1CC(C)C. The van der Waals surface area contributed by atoms with Crippen LogP contribution < -0.4 is 5.32 Å². The summed E-state index contributed by atoms with van der Waals surface area (Å²) in [5.41, 5.74) is 0.367. The minimum Gasteiger partial charge on any atom is -0.311 e. The predicted molar refractivity (Wildman–Crippen MR) is 76.4 cm³/mol. The molecule has 1 heterocycles. The summed E-state index contributed by atoms with van der Waals surface area (Å²) >= 11 is 0. The van der Waals surface area contributed by atoms with Crippen molar-refractivity contribution in [3.63, 3.8) is 0 Å². The average molecular weight is 240 g/mol. The molecule has 1 rings (SSSR count). The first kappa shape index (κ1) is 15.0. The Kier molecular flexibility index (Phi) is 5.46. The molecule has 1 fully saturated rings. The van der Waals surface area contributed by atoms with Crippen molar-refractivity contribution in [1.82, 2.24) is 10.2 Å². The Morgan fingerprint density at radius 2 is 1.94 bits per heavy atom. The lowest BCUT2D eigenvalue weighted by molar-refractivity contribution is 0.0714. The Bertz CT molecular complexity index is 217. The van der Waals surface area contributed by atoms with Crippen LogP contribution in [-0.2, 0) is 0 Å². The van der Waals surface area contributed by atoms with Crippen LogP contribution in [0.15, 0.2) is 0 Å². The fourth-order valence-electron chi connectivity index (χ4n) is 2.75. The van der Waals surface area contributed by atoms with Crippen LogP contribution in [0.25, 0.3) is 0 Å². The summed E-state index contributed by atoms with van der Waals surface area (Å²) in [6.07, 6.45) is 2.62. The highest BCUT2D eigenvalue weighted by Crippen LogP contribution is 2.25. The van der Waals surface area contributed by atoms with Gasteiger partial charge in [-0.3, -0.25) is 4.90 Å². The van der Waals surface area contributed by atoms with Crippen molar-refractivity contribution in [2.45, 2.75) is 66.5 Å². The second-order valence-corrected chi connectivity index (χ2v) is 7.12. The van der Waals surface area contributed by atoms with Gasteiger partial charge in [-0.15, -0.1) is 0 Å². The molecular formula is C15H32N2. The van der Waals surface area contributed by atoms with Crippen LogP contribution in [0.5, 0.6) is 0 Å². The highest BCUT2D eigenvalue weighted by atomic mass is 15.2. The molecule has 17 heavy (non-hydrogen) atoms. The zero-order chi connectivity index (χ0) is 13.1. The van der Waals surface area contributed by atoms with E-state index in [1.807, 2.05) is 0 Å². The molecule has 0 saturated carbocycles. The van der Waals surface area contributed by atoms with Gasteiger partial charge in [0.25, 0.3) is 0 Å². The van der Waals surface area contributed by atoms with E-state index in [0.717, 1.165) is 12.0 Å². The average Bonchev–Trinajstić information content (AvgIpc) is 2.18. The second kappa shape index (κ2) is 6.19. The molecule has 0 aliphatic carbocycles. The van der Waals surface area contributed by atoms with Gasteiger partial charge >= 0.3 is 0 Å². The number of piperazine rings is 1. The van der Waals surface area contributed by atoms with Crippen molar-refractivity contribution in [3.05, 3.63) is 0 Å². The Morgan fingerprint density at radius 3 is 2.41 bits per heavy atom. The number of nitrogens with zero attached hydrogens (tertiary/aromatic N) is 1. The van der Waals surface area contributed by atoms with E-state index in [0.29, 0.717) is 11.5 Å². The highest BCUT2D eigenvalue weighted by Gasteiger charge is 2.33. The fraction of sp³-hybridized carbons (Fsp3) is 1.00. The van der Waals surface area contributed by atoms with E-state index in [1.54, 1.807) is 0 Å². The quantitative estimate of drug-likeness (QED) is 0.812. The molecule has 0 aromatic heterocycles. The molecule has 2 unspecified atom stereocenters. The molecule has 0 aromatic carbocycles. The predicted octanol–water partition coefficient (Wildman–Crippen LogP) is 3.13. The van der Waals surface area contributed by atoms with Crippen LogP contribution in [0.3, 0.4) is 0 Å². The summed E-state index contributed by atoms with van der Waals surface area (Å²) in [6, 6.07) is 1.38. The number of nitrogens with one attached hydrogen (secondary N) is 1. The summed E-state index contributed by atoms with van der Waals surface area (Å²) in [5.74, 6) is 0.771. The van der Waals surface area contributed by atoms with Gasteiger partial charge in [0.1, 0.15) is 0 Å². The second-order valence-electron chi connectivity index (χ2n) is 7.12. The van der Waals surface area contributed by atoms with Gasteiger partial charge < -0.3 is 5.32 Å². The van der Waals surface area contributed by atoms with Crippen LogP contribution in [0, 0.1) is 11.3 Å². The third-order valence-electron chi connectivity index (χ3n) is 3.80. The first-order chi connectivity index (χ1) is 7.84. The lowest BCUT2D eigenvalue weighted by atomic mass is 9.84. The standard InChI is InChI=1S/C15H32N2/c1-7-8-13-9-16-14(15(4,5)6)11-17(13)10-12(2)3/h12-14,16H,7-11H2,1-6H3. The summed E-state index contributed by atoms with van der Waals surface area (Å²) in [7, 11) is 0. The molecule has 0 radical (unpaired) electrons. The fourth-order valence-corrected chi connectivity index (χ4v) is 2.75. The maximum atomic E-state index is 3.76. The normalized spacial score (nSPS) is 27.7. The molecule has 2 nitrogen and oxygen atoms in total. The van der Waals surface area contributed by atoms with Gasteiger partial charge in [0.2, 0.25) is 0 Å². The first-order valence-electron chi connectivity index (χ1n) is 7.32. The molecule has 1 saturated heterocycles. The first-order valence-corrected chi connectivity index (χ1v) is 7.32. The number of hydrogen-bond acceptors (Lipinski definition) is 2. The van der Waals surface area contributed by atoms with E-state index in [9.17, 15) is 0 Å². The molecular weight excluding hydrogens is 208 g/mol. The summed E-state index contributed by atoms with van der Waals surface area (Å²) < 4.78 is 0. The van der Waals surface area contributed by atoms with Gasteiger partial charge in [0, 0.05) is 31.7 Å². The van der Waals surface area contributed by atoms with Crippen LogP contribution in [-0.4, -0.2) is 36.6 Å². The zero-order valence-electron chi connectivity index (χ0n) is 12.7. The van der Waals surface area contributed by atoms with Gasteiger partial charge in [0.15, 0.2) is 0 Å². The lowest BCUT2D eigenvalue weighted by Crippen LogP contribution is -2.60. The largest absolute Gasteiger partial charge is 0.311 e. The molecule has 0 bridgehead atoms. The molecule has 0 amide bonds. The number of hydrogen-bond donors (Lipinski definition) is 1. The van der Waals surface area contributed by atoms with Gasteiger partial charge in [-0.05, 0) is 17.8 Å². The van der Waals surface area contributed by atoms with Crippen molar-refractivity contribution in [2.75, 3.05) is 19.6 Å². The van der Waals surface area contributed by atoms with Crippen molar-refractivity contribution in [3.8, 4) is 0 Å².